The molecule has 0 radical (unpaired) electrons. The fourth-order valence-electron chi connectivity index (χ4n) is 3.31. The summed E-state index contributed by atoms with van der Waals surface area (Å²) >= 11 is 1.50. The molecule has 0 spiro atoms. The van der Waals surface area contributed by atoms with Crippen LogP contribution in [0.5, 0.6) is 5.75 Å². The van der Waals surface area contributed by atoms with Crippen molar-refractivity contribution >= 4 is 38.9 Å². The summed E-state index contributed by atoms with van der Waals surface area (Å²) in [5, 5.41) is 28.0. The van der Waals surface area contributed by atoms with Crippen LogP contribution in [0, 0.1) is 17.0 Å². The number of rotatable bonds is 6. The van der Waals surface area contributed by atoms with Crippen LogP contribution < -0.4 is 10.1 Å². The first-order valence-corrected chi connectivity index (χ1v) is 10.7. The number of non-ortho nitro benzene ring substituents is 1. The molecule has 0 unspecified atom stereocenters. The van der Waals surface area contributed by atoms with Crippen LogP contribution in [0.15, 0.2) is 60.7 Å². The molecule has 0 aliphatic rings. The van der Waals surface area contributed by atoms with Gasteiger partial charge in [0.25, 0.3) is 5.69 Å². The van der Waals surface area contributed by atoms with Gasteiger partial charge in [-0.2, -0.15) is 9.78 Å². The van der Waals surface area contributed by atoms with E-state index in [-0.39, 0.29) is 5.69 Å². The number of aromatic nitrogens is 5. The molecule has 0 aliphatic heterocycles. The largest absolute Gasteiger partial charge is 0.497 e. The highest BCUT2D eigenvalue weighted by molar-refractivity contribution is 7.20. The van der Waals surface area contributed by atoms with E-state index < -0.39 is 4.92 Å². The molecular weight excluding hydrogens is 442 g/mol. The molecule has 0 fully saturated rings. The zero-order valence-electron chi connectivity index (χ0n) is 17.6. The lowest BCUT2D eigenvalue weighted by molar-refractivity contribution is -0.384. The Morgan fingerprint density at radius 1 is 1.09 bits per heavy atom. The van der Waals surface area contributed by atoms with E-state index in [4.69, 9.17) is 4.74 Å². The second-order valence-corrected chi connectivity index (χ2v) is 8.16. The Kier molecular flexibility index (Phi) is 5.15. The summed E-state index contributed by atoms with van der Waals surface area (Å²) in [4.78, 5) is 15.3. The number of hydrogen-bond acceptors (Lipinski definition) is 9. The van der Waals surface area contributed by atoms with Gasteiger partial charge in [0.2, 0.25) is 5.13 Å². The second-order valence-electron chi connectivity index (χ2n) is 7.15. The number of anilines is 2. The van der Waals surface area contributed by atoms with Gasteiger partial charge in [0.1, 0.15) is 11.6 Å². The molecule has 0 atom stereocenters. The van der Waals surface area contributed by atoms with Crippen LogP contribution in [0.25, 0.3) is 26.6 Å². The number of hydrogen-bond donors (Lipinski definition) is 1. The van der Waals surface area contributed by atoms with Gasteiger partial charge in [-0.3, -0.25) is 10.1 Å². The maximum absolute atomic E-state index is 11.0. The lowest BCUT2D eigenvalue weighted by atomic mass is 10.1. The van der Waals surface area contributed by atoms with Crippen molar-refractivity contribution in [3.63, 3.8) is 0 Å². The lowest BCUT2D eigenvalue weighted by Crippen LogP contribution is -2.04. The molecule has 10 nitrogen and oxygen atoms in total. The molecule has 3 aromatic heterocycles. The molecular formula is C22H17N7O3S. The third-order valence-corrected chi connectivity index (χ3v) is 5.86. The van der Waals surface area contributed by atoms with Gasteiger partial charge in [-0.15, -0.1) is 10.2 Å². The Labute approximate surface area is 191 Å². The maximum atomic E-state index is 11.0. The van der Waals surface area contributed by atoms with E-state index >= 15 is 0 Å². The normalized spacial score (nSPS) is 11.0. The van der Waals surface area contributed by atoms with Gasteiger partial charge in [0.05, 0.1) is 33.6 Å². The summed E-state index contributed by atoms with van der Waals surface area (Å²) in [7, 11) is 1.63. The first-order chi connectivity index (χ1) is 16.0. The van der Waals surface area contributed by atoms with Crippen LogP contribution in [-0.4, -0.2) is 37.0 Å². The topological polar surface area (TPSA) is 121 Å². The molecule has 33 heavy (non-hydrogen) atoms. The van der Waals surface area contributed by atoms with Gasteiger partial charge in [-0.1, -0.05) is 23.5 Å². The van der Waals surface area contributed by atoms with E-state index in [1.54, 1.807) is 36.1 Å². The highest BCUT2D eigenvalue weighted by Crippen LogP contribution is 2.31. The van der Waals surface area contributed by atoms with Crippen molar-refractivity contribution in [2.24, 2.45) is 0 Å². The highest BCUT2D eigenvalue weighted by Gasteiger charge is 2.14. The number of thiazole rings is 1. The van der Waals surface area contributed by atoms with Crippen LogP contribution in [-0.2, 0) is 0 Å². The molecule has 0 aliphatic carbocycles. The number of methoxy groups -OCH3 is 1. The summed E-state index contributed by atoms with van der Waals surface area (Å²) in [5.41, 5.74) is 2.83. The van der Waals surface area contributed by atoms with Crippen LogP contribution in [0.1, 0.15) is 5.69 Å². The monoisotopic (exact) mass is 459 g/mol. The van der Waals surface area contributed by atoms with E-state index in [1.165, 1.54) is 23.5 Å². The van der Waals surface area contributed by atoms with E-state index in [2.05, 4.69) is 25.6 Å². The van der Waals surface area contributed by atoms with Gasteiger partial charge in [-0.05, 0) is 37.3 Å². The van der Waals surface area contributed by atoms with E-state index in [0.29, 0.717) is 28.0 Å². The Morgan fingerprint density at radius 3 is 2.73 bits per heavy atom. The number of nitrogens with one attached hydrogen (secondary N) is 1. The van der Waals surface area contributed by atoms with Crippen LogP contribution in [0.2, 0.25) is 0 Å². The van der Waals surface area contributed by atoms with Crippen molar-refractivity contribution in [1.29, 1.82) is 0 Å². The fraction of sp³-hybridized carbons (Fsp3) is 0.0909. The van der Waals surface area contributed by atoms with Gasteiger partial charge < -0.3 is 10.1 Å². The molecule has 164 valence electrons. The Bertz CT molecular complexity index is 1480. The van der Waals surface area contributed by atoms with Gasteiger partial charge in [0, 0.05) is 23.8 Å². The average Bonchev–Trinajstić information content (AvgIpc) is 3.41. The predicted octanol–water partition coefficient (Wildman–Crippen LogP) is 4.91. The van der Waals surface area contributed by atoms with Crippen molar-refractivity contribution in [3.05, 3.63) is 76.5 Å². The van der Waals surface area contributed by atoms with Crippen molar-refractivity contribution in [2.45, 2.75) is 6.92 Å². The zero-order valence-corrected chi connectivity index (χ0v) is 18.4. The average molecular weight is 459 g/mol. The first-order valence-electron chi connectivity index (χ1n) is 9.87. The second kappa shape index (κ2) is 8.28. The molecule has 5 rings (SSSR count). The summed E-state index contributed by atoms with van der Waals surface area (Å²) in [5.74, 6) is 1.97. The minimum atomic E-state index is -0.436. The Morgan fingerprint density at radius 2 is 1.97 bits per heavy atom. The first kappa shape index (κ1) is 20.5. The minimum Gasteiger partial charge on any atom is -0.497 e. The van der Waals surface area contributed by atoms with Gasteiger partial charge in [0.15, 0.2) is 5.82 Å². The van der Waals surface area contributed by atoms with Gasteiger partial charge >= 0.3 is 0 Å². The maximum Gasteiger partial charge on any atom is 0.270 e. The van der Waals surface area contributed by atoms with Crippen LogP contribution in [0.3, 0.4) is 0 Å². The number of aryl methyl sites for hydroxylation is 1. The third-order valence-electron chi connectivity index (χ3n) is 4.87. The molecule has 11 heteroatoms. The molecule has 3 heterocycles. The van der Waals surface area contributed by atoms with E-state index in [9.17, 15) is 10.1 Å². The predicted molar refractivity (Wildman–Crippen MR) is 125 cm³/mol. The molecule has 1 N–H and O–H groups in total. The highest BCUT2D eigenvalue weighted by atomic mass is 32.1. The Balaban J connectivity index is 1.43. The SMILES string of the molecule is COc1ccc2nc(-n3nc(C)cc3Nc3ccc(-c4cccc([N+](=O)[O-])c4)nn3)sc2c1. The van der Waals surface area contributed by atoms with Crippen molar-refractivity contribution in [1.82, 2.24) is 25.0 Å². The Hall–Kier alpha value is -4.38. The van der Waals surface area contributed by atoms with E-state index in [1.807, 2.05) is 31.2 Å². The number of nitrogens with zero attached hydrogens (tertiary/aromatic N) is 6. The lowest BCUT2D eigenvalue weighted by Gasteiger charge is -2.07. The quantitative estimate of drug-likeness (QED) is 0.281. The number of nitro groups is 1. The van der Waals surface area contributed by atoms with Crippen LogP contribution >= 0.6 is 11.3 Å². The molecule has 0 amide bonds. The van der Waals surface area contributed by atoms with Crippen molar-refractivity contribution in [3.8, 4) is 22.1 Å². The van der Waals surface area contributed by atoms with Gasteiger partial charge in [-0.25, -0.2) is 4.98 Å². The number of benzene rings is 2. The summed E-state index contributed by atoms with van der Waals surface area (Å²) < 4.78 is 8.01. The third kappa shape index (κ3) is 4.08. The number of ether oxygens (including phenoxy) is 1. The van der Waals surface area contributed by atoms with Crippen LogP contribution in [0.4, 0.5) is 17.3 Å². The molecule has 2 aromatic carbocycles. The molecule has 0 saturated carbocycles. The molecule has 0 bridgehead atoms. The standard InChI is InChI=1S/C22H17N7O3S/c1-13-10-21(28(27-13)22-23-18-7-6-16(32-2)12-19(18)33-22)24-20-9-8-17(25-26-20)14-4-3-5-15(11-14)29(30)31/h3-12H,1-2H3,(H,24,26). The van der Waals surface area contributed by atoms with E-state index in [0.717, 1.165) is 21.7 Å². The van der Waals surface area contributed by atoms with Crippen molar-refractivity contribution in [2.75, 3.05) is 12.4 Å². The smallest absolute Gasteiger partial charge is 0.270 e. The summed E-state index contributed by atoms with van der Waals surface area (Å²) in [6, 6.07) is 17.4. The number of nitro benzene ring substituents is 1. The summed E-state index contributed by atoms with van der Waals surface area (Å²) in [6.45, 7) is 1.90. The van der Waals surface area contributed by atoms with Crippen molar-refractivity contribution < 1.29 is 9.66 Å². The number of fused-ring (bicyclic) bond motifs is 1. The minimum absolute atomic E-state index is 0.00401. The zero-order chi connectivity index (χ0) is 22.9. The molecule has 5 aromatic rings. The summed E-state index contributed by atoms with van der Waals surface area (Å²) in [6.07, 6.45) is 0. The molecule has 0 saturated heterocycles. The fourth-order valence-corrected chi connectivity index (χ4v) is 4.27.